The molecular weight excluding hydrogens is 308 g/mol. The summed E-state index contributed by atoms with van der Waals surface area (Å²) in [5.74, 6) is 0.667. The maximum atomic E-state index is 11.4. The Morgan fingerprint density at radius 2 is 2.00 bits per heavy atom. The number of nitrogens with one attached hydrogen (secondary N) is 1. The van der Waals surface area contributed by atoms with Gasteiger partial charge in [0.05, 0.1) is 6.54 Å². The summed E-state index contributed by atoms with van der Waals surface area (Å²) in [5, 5.41) is 13.4. The van der Waals surface area contributed by atoms with E-state index in [9.17, 15) is 4.79 Å². The van der Waals surface area contributed by atoms with Crippen LogP contribution in [0.25, 0.3) is 10.6 Å². The van der Waals surface area contributed by atoms with Gasteiger partial charge in [-0.3, -0.25) is 9.69 Å². The van der Waals surface area contributed by atoms with E-state index in [2.05, 4.69) is 32.5 Å². The molecule has 0 atom stereocenters. The van der Waals surface area contributed by atoms with Crippen LogP contribution in [0.15, 0.2) is 30.3 Å². The topological polar surface area (TPSA) is 58.1 Å². The number of benzene rings is 1. The Morgan fingerprint density at radius 3 is 2.70 bits per heavy atom. The van der Waals surface area contributed by atoms with E-state index in [1.807, 2.05) is 18.2 Å². The maximum Gasteiger partial charge on any atom is 0.220 e. The normalized spacial score (nSPS) is 16.4. The largest absolute Gasteiger partial charge is 0.359 e. The number of nitrogens with zero attached hydrogens (tertiary/aromatic N) is 3. The van der Waals surface area contributed by atoms with E-state index in [0.29, 0.717) is 12.3 Å². The standard InChI is InChI=1S/C17H22N4OS/c1-18-15(22)11-13-7-9-21(10-8-13)12-16-19-20-17(23-16)14-5-3-2-4-6-14/h2-6,13H,7-12H2,1H3,(H,18,22). The summed E-state index contributed by atoms with van der Waals surface area (Å²) >= 11 is 1.67. The van der Waals surface area contributed by atoms with Gasteiger partial charge in [-0.2, -0.15) is 0 Å². The van der Waals surface area contributed by atoms with Crippen molar-refractivity contribution in [3.63, 3.8) is 0 Å². The van der Waals surface area contributed by atoms with Crippen LogP contribution in [0.4, 0.5) is 0 Å². The van der Waals surface area contributed by atoms with Crippen molar-refractivity contribution in [2.45, 2.75) is 25.8 Å². The lowest BCUT2D eigenvalue weighted by Gasteiger charge is -2.30. The molecule has 23 heavy (non-hydrogen) atoms. The van der Waals surface area contributed by atoms with Crippen LogP contribution in [0.2, 0.25) is 0 Å². The molecule has 6 heteroatoms. The Labute approximate surface area is 140 Å². The monoisotopic (exact) mass is 330 g/mol. The molecule has 0 bridgehead atoms. The number of rotatable bonds is 5. The summed E-state index contributed by atoms with van der Waals surface area (Å²) in [4.78, 5) is 13.9. The fraction of sp³-hybridized carbons (Fsp3) is 0.471. The van der Waals surface area contributed by atoms with Crippen molar-refractivity contribution in [3.05, 3.63) is 35.3 Å². The lowest BCUT2D eigenvalue weighted by Crippen LogP contribution is -2.35. The van der Waals surface area contributed by atoms with Gasteiger partial charge in [-0.15, -0.1) is 10.2 Å². The fourth-order valence-electron chi connectivity index (χ4n) is 2.92. The molecule has 0 spiro atoms. The number of likely N-dealkylation sites (tertiary alicyclic amines) is 1. The first-order valence-electron chi connectivity index (χ1n) is 8.05. The van der Waals surface area contributed by atoms with Gasteiger partial charge in [-0.05, 0) is 31.8 Å². The van der Waals surface area contributed by atoms with Crippen molar-refractivity contribution in [2.24, 2.45) is 5.92 Å². The second-order valence-electron chi connectivity index (χ2n) is 5.96. The molecule has 1 saturated heterocycles. The summed E-state index contributed by atoms with van der Waals surface area (Å²) in [5.41, 5.74) is 1.13. The summed E-state index contributed by atoms with van der Waals surface area (Å²) in [6, 6.07) is 10.2. The molecule has 0 unspecified atom stereocenters. The van der Waals surface area contributed by atoms with Crippen LogP contribution in [0.5, 0.6) is 0 Å². The molecular formula is C17H22N4OS. The van der Waals surface area contributed by atoms with Crippen LogP contribution in [0.1, 0.15) is 24.3 Å². The maximum absolute atomic E-state index is 11.4. The highest BCUT2D eigenvalue weighted by Crippen LogP contribution is 2.26. The van der Waals surface area contributed by atoms with Gasteiger partial charge in [0.25, 0.3) is 0 Å². The number of carbonyl (C=O) groups is 1. The number of piperidine rings is 1. The molecule has 2 aromatic rings. The Balaban J connectivity index is 1.51. The molecule has 122 valence electrons. The van der Waals surface area contributed by atoms with Crippen molar-refractivity contribution >= 4 is 17.2 Å². The lowest BCUT2D eigenvalue weighted by atomic mass is 9.93. The minimum absolute atomic E-state index is 0.153. The summed E-state index contributed by atoms with van der Waals surface area (Å²) < 4.78 is 0. The fourth-order valence-corrected chi connectivity index (χ4v) is 3.81. The molecule has 2 heterocycles. The van der Waals surface area contributed by atoms with Crippen molar-refractivity contribution in [2.75, 3.05) is 20.1 Å². The molecule has 0 aliphatic carbocycles. The lowest BCUT2D eigenvalue weighted by molar-refractivity contribution is -0.121. The van der Waals surface area contributed by atoms with E-state index in [-0.39, 0.29) is 5.91 Å². The second-order valence-corrected chi connectivity index (χ2v) is 7.03. The predicted molar refractivity (Wildman–Crippen MR) is 92.0 cm³/mol. The average molecular weight is 330 g/mol. The van der Waals surface area contributed by atoms with Gasteiger partial charge in [-0.25, -0.2) is 0 Å². The quantitative estimate of drug-likeness (QED) is 0.915. The third-order valence-corrected chi connectivity index (χ3v) is 5.26. The molecule has 1 amide bonds. The molecule has 1 N–H and O–H groups in total. The van der Waals surface area contributed by atoms with Crippen molar-refractivity contribution in [1.82, 2.24) is 20.4 Å². The Morgan fingerprint density at radius 1 is 1.26 bits per heavy atom. The number of aromatic nitrogens is 2. The van der Waals surface area contributed by atoms with Gasteiger partial charge in [0, 0.05) is 19.0 Å². The first kappa shape index (κ1) is 16.1. The molecule has 0 saturated carbocycles. The van der Waals surface area contributed by atoms with Gasteiger partial charge < -0.3 is 5.32 Å². The van der Waals surface area contributed by atoms with E-state index in [0.717, 1.165) is 48.1 Å². The predicted octanol–water partition coefficient (Wildman–Crippen LogP) is 2.55. The van der Waals surface area contributed by atoms with Crippen LogP contribution >= 0.6 is 11.3 Å². The molecule has 1 aromatic carbocycles. The van der Waals surface area contributed by atoms with Crippen molar-refractivity contribution in [1.29, 1.82) is 0 Å². The summed E-state index contributed by atoms with van der Waals surface area (Å²) in [7, 11) is 1.71. The zero-order chi connectivity index (χ0) is 16.1. The SMILES string of the molecule is CNC(=O)CC1CCN(Cc2nnc(-c3ccccc3)s2)CC1. The first-order chi connectivity index (χ1) is 11.2. The van der Waals surface area contributed by atoms with Crippen molar-refractivity contribution < 1.29 is 4.79 Å². The summed E-state index contributed by atoms with van der Waals surface area (Å²) in [6.45, 7) is 2.92. The van der Waals surface area contributed by atoms with Crippen LogP contribution in [-0.2, 0) is 11.3 Å². The zero-order valence-corrected chi connectivity index (χ0v) is 14.2. The summed E-state index contributed by atoms with van der Waals surface area (Å²) in [6.07, 6.45) is 2.82. The molecule has 1 aromatic heterocycles. The van der Waals surface area contributed by atoms with Gasteiger partial charge in [-0.1, -0.05) is 41.7 Å². The molecule has 1 aliphatic heterocycles. The number of hydrogen-bond donors (Lipinski definition) is 1. The third-order valence-electron chi connectivity index (χ3n) is 4.31. The van der Waals surface area contributed by atoms with E-state index in [4.69, 9.17) is 0 Å². The van der Waals surface area contributed by atoms with Crippen LogP contribution < -0.4 is 5.32 Å². The molecule has 5 nitrogen and oxygen atoms in total. The Hall–Kier alpha value is -1.79. The van der Waals surface area contributed by atoms with Gasteiger partial charge >= 0.3 is 0 Å². The van der Waals surface area contributed by atoms with Gasteiger partial charge in [0.2, 0.25) is 5.91 Å². The smallest absolute Gasteiger partial charge is 0.220 e. The Bertz CT molecular complexity index is 635. The van der Waals surface area contributed by atoms with E-state index < -0.39 is 0 Å². The molecule has 1 fully saturated rings. The zero-order valence-electron chi connectivity index (χ0n) is 13.4. The third kappa shape index (κ3) is 4.36. The van der Waals surface area contributed by atoms with Crippen LogP contribution in [0, 0.1) is 5.92 Å². The van der Waals surface area contributed by atoms with Crippen molar-refractivity contribution in [3.8, 4) is 10.6 Å². The number of amides is 1. The van der Waals surface area contributed by atoms with Gasteiger partial charge in [0.15, 0.2) is 0 Å². The van der Waals surface area contributed by atoms with Crippen LogP contribution in [-0.4, -0.2) is 41.1 Å². The van der Waals surface area contributed by atoms with Crippen LogP contribution in [0.3, 0.4) is 0 Å². The Kier molecular flexibility index (Phi) is 5.35. The highest BCUT2D eigenvalue weighted by atomic mass is 32.1. The number of hydrogen-bond acceptors (Lipinski definition) is 5. The first-order valence-corrected chi connectivity index (χ1v) is 8.87. The molecule has 0 radical (unpaired) electrons. The highest BCUT2D eigenvalue weighted by Gasteiger charge is 2.22. The minimum Gasteiger partial charge on any atom is -0.359 e. The highest BCUT2D eigenvalue weighted by molar-refractivity contribution is 7.14. The second kappa shape index (κ2) is 7.66. The molecule has 3 rings (SSSR count). The van der Waals surface area contributed by atoms with E-state index in [1.54, 1.807) is 18.4 Å². The average Bonchev–Trinajstić information content (AvgIpc) is 3.06. The molecule has 1 aliphatic rings. The van der Waals surface area contributed by atoms with Gasteiger partial charge in [0.1, 0.15) is 10.0 Å². The van der Waals surface area contributed by atoms with E-state index >= 15 is 0 Å². The number of carbonyl (C=O) groups excluding carboxylic acids is 1. The minimum atomic E-state index is 0.153. The van der Waals surface area contributed by atoms with E-state index in [1.165, 1.54) is 0 Å².